The number of hydrogen-bond donors (Lipinski definition) is 3. The van der Waals surface area contributed by atoms with Crippen molar-refractivity contribution in [1.82, 2.24) is 25.0 Å². The van der Waals surface area contributed by atoms with Crippen LogP contribution in [0.1, 0.15) is 112 Å². The van der Waals surface area contributed by atoms with Gasteiger partial charge >= 0.3 is 0 Å². The zero-order valence-electron chi connectivity index (χ0n) is 33.8. The van der Waals surface area contributed by atoms with Gasteiger partial charge in [-0.25, -0.2) is 4.99 Å². The highest BCUT2D eigenvalue weighted by Crippen LogP contribution is 2.31. The molecule has 0 saturated heterocycles. The maximum Gasteiger partial charge on any atom is 0.255 e. The average Bonchev–Trinajstić information content (AvgIpc) is 3.42. The van der Waals surface area contributed by atoms with Gasteiger partial charge in [-0.2, -0.15) is 0 Å². The normalized spacial score (nSPS) is 18.8. The monoisotopic (exact) mass is 792 g/mol. The van der Waals surface area contributed by atoms with E-state index in [0.717, 1.165) is 74.6 Å². The zero-order chi connectivity index (χ0) is 41.2. The van der Waals surface area contributed by atoms with Crippen LogP contribution in [-0.4, -0.2) is 93.7 Å². The number of anilines is 1. The molecule has 0 atom stereocenters. The number of imide groups is 1. The Bertz CT molecular complexity index is 1970. The number of rotatable bonds is 16. The molecule has 3 aliphatic heterocycles. The van der Waals surface area contributed by atoms with Crippen molar-refractivity contribution in [3.8, 4) is 0 Å². The quantitative estimate of drug-likeness (QED) is 0.156. The van der Waals surface area contributed by atoms with E-state index in [4.69, 9.17) is 5.73 Å². The van der Waals surface area contributed by atoms with E-state index in [0.29, 0.717) is 80.5 Å². The van der Waals surface area contributed by atoms with E-state index in [1.807, 2.05) is 35.8 Å². The lowest BCUT2D eigenvalue weighted by Gasteiger charge is -2.30. The second kappa shape index (κ2) is 19.7. The number of amidine groups is 1. The Balaban J connectivity index is 0.928. The van der Waals surface area contributed by atoms with Crippen molar-refractivity contribution < 1.29 is 28.8 Å². The van der Waals surface area contributed by atoms with E-state index in [2.05, 4.69) is 20.6 Å². The molecule has 1 aromatic heterocycles. The van der Waals surface area contributed by atoms with Crippen molar-refractivity contribution in [2.75, 3.05) is 38.0 Å². The molecule has 58 heavy (non-hydrogen) atoms. The van der Waals surface area contributed by atoms with Gasteiger partial charge in [-0.15, -0.1) is 0 Å². The van der Waals surface area contributed by atoms with Gasteiger partial charge in [-0.1, -0.05) is 26.3 Å². The highest BCUT2D eigenvalue weighted by atomic mass is 16.2. The van der Waals surface area contributed by atoms with E-state index in [1.165, 1.54) is 17.1 Å². The zero-order valence-corrected chi connectivity index (χ0v) is 33.8. The Kier molecular flexibility index (Phi) is 14.2. The lowest BCUT2D eigenvalue weighted by atomic mass is 9.81. The lowest BCUT2D eigenvalue weighted by molar-refractivity contribution is -0.138. The molecule has 6 rings (SSSR count). The maximum atomic E-state index is 13.4. The number of carbonyl (C=O) groups excluding carboxylic acids is 6. The third-order valence-corrected chi connectivity index (χ3v) is 11.4. The average molecular weight is 793 g/mol. The van der Waals surface area contributed by atoms with Crippen LogP contribution < -0.4 is 16.4 Å². The Morgan fingerprint density at radius 2 is 1.69 bits per heavy atom. The third-order valence-electron chi connectivity index (χ3n) is 11.4. The standard InChI is InChI=1S/C44H56N8O6/c1-3-19-50(20-4-2)44(58)33-22-31-13-14-32(24-37(31)49-38(45)25-33)43(57)48-35-23-34-28-51(21-17-36(34)47-26-35)39(53)8-6-5-7-18-46-42(56)30-11-9-29(10-12-30)27-52-40(54)15-16-41(52)55/h13-16,22-24,26,29-30H,3-12,17-21,25,27-28H2,1-2H3,(H2,45,49)(H,46,56)(H,48,57). The Hall–Kier alpha value is -5.66. The second-order valence-electron chi connectivity index (χ2n) is 15.8. The number of unbranched alkanes of at least 4 members (excludes halogenated alkanes) is 2. The van der Waals surface area contributed by atoms with Gasteiger partial charge in [0.1, 0.15) is 5.84 Å². The Labute approximate surface area is 340 Å². The Morgan fingerprint density at radius 3 is 2.41 bits per heavy atom. The summed E-state index contributed by atoms with van der Waals surface area (Å²) in [6.45, 7) is 7.42. The molecular weight excluding hydrogens is 737 g/mol. The second-order valence-corrected chi connectivity index (χ2v) is 15.8. The fraction of sp³-hybridized carbons (Fsp3) is 0.500. The first-order valence-electron chi connectivity index (χ1n) is 20.9. The van der Waals surface area contributed by atoms with Gasteiger partial charge in [-0.05, 0) is 87.1 Å². The molecular formula is C44H56N8O6. The van der Waals surface area contributed by atoms with Crippen LogP contribution in [0.2, 0.25) is 0 Å². The Morgan fingerprint density at radius 1 is 0.948 bits per heavy atom. The largest absolute Gasteiger partial charge is 0.387 e. The minimum absolute atomic E-state index is 0.0466. The number of fused-ring (bicyclic) bond motifs is 2. The third kappa shape index (κ3) is 10.6. The van der Waals surface area contributed by atoms with Crippen molar-refractivity contribution in [1.29, 1.82) is 0 Å². The first-order chi connectivity index (χ1) is 28.0. The van der Waals surface area contributed by atoms with E-state index in [1.54, 1.807) is 24.4 Å². The van der Waals surface area contributed by atoms with E-state index in [-0.39, 0.29) is 53.7 Å². The fourth-order valence-electron chi connectivity index (χ4n) is 8.21. The van der Waals surface area contributed by atoms with Crippen LogP contribution >= 0.6 is 0 Å². The van der Waals surface area contributed by atoms with Gasteiger partial charge in [-0.3, -0.25) is 38.7 Å². The molecule has 6 amide bonds. The number of nitrogens with one attached hydrogen (secondary N) is 2. The molecule has 4 N–H and O–H groups in total. The minimum Gasteiger partial charge on any atom is -0.387 e. The minimum atomic E-state index is -0.337. The van der Waals surface area contributed by atoms with Gasteiger partial charge < -0.3 is 26.2 Å². The molecule has 1 saturated carbocycles. The molecule has 1 aliphatic carbocycles. The topological polar surface area (TPSA) is 187 Å². The number of aliphatic imine (C=N–C) groups is 1. The predicted molar refractivity (Wildman–Crippen MR) is 222 cm³/mol. The molecule has 0 bridgehead atoms. The van der Waals surface area contributed by atoms with Crippen molar-refractivity contribution in [2.24, 2.45) is 22.6 Å². The lowest BCUT2D eigenvalue weighted by Crippen LogP contribution is -2.38. The summed E-state index contributed by atoms with van der Waals surface area (Å²) >= 11 is 0. The van der Waals surface area contributed by atoms with Crippen molar-refractivity contribution in [3.05, 3.63) is 70.6 Å². The van der Waals surface area contributed by atoms with Crippen LogP contribution in [0, 0.1) is 11.8 Å². The number of pyridine rings is 1. The summed E-state index contributed by atoms with van der Waals surface area (Å²) in [5, 5.41) is 5.99. The highest BCUT2D eigenvalue weighted by molar-refractivity contribution is 6.13. The molecule has 2 aromatic rings. The molecule has 4 heterocycles. The number of nitrogens with zero attached hydrogens (tertiary/aromatic N) is 5. The molecule has 1 fully saturated rings. The number of hydrogen-bond acceptors (Lipinski definition) is 9. The molecule has 308 valence electrons. The molecule has 0 unspecified atom stereocenters. The summed E-state index contributed by atoms with van der Waals surface area (Å²) < 4.78 is 0. The molecule has 0 spiro atoms. The highest BCUT2D eigenvalue weighted by Gasteiger charge is 2.31. The summed E-state index contributed by atoms with van der Waals surface area (Å²) in [7, 11) is 0. The smallest absolute Gasteiger partial charge is 0.255 e. The van der Waals surface area contributed by atoms with Crippen LogP contribution in [0.5, 0.6) is 0 Å². The number of nitrogens with two attached hydrogens (primary N) is 1. The van der Waals surface area contributed by atoms with Crippen molar-refractivity contribution in [3.63, 3.8) is 0 Å². The number of benzene rings is 1. The van der Waals surface area contributed by atoms with E-state index < -0.39 is 0 Å². The first-order valence-corrected chi connectivity index (χ1v) is 20.9. The van der Waals surface area contributed by atoms with Gasteiger partial charge in [0.05, 0.1) is 17.6 Å². The van der Waals surface area contributed by atoms with Crippen LogP contribution in [0.25, 0.3) is 6.08 Å². The van der Waals surface area contributed by atoms with Gasteiger partial charge in [0, 0.05) is 99.0 Å². The molecule has 14 nitrogen and oxygen atoms in total. The number of amides is 6. The molecule has 14 heteroatoms. The van der Waals surface area contributed by atoms with Crippen LogP contribution in [0.15, 0.2) is 53.2 Å². The van der Waals surface area contributed by atoms with Gasteiger partial charge in [0.15, 0.2) is 0 Å². The molecule has 1 aromatic carbocycles. The van der Waals surface area contributed by atoms with Gasteiger partial charge in [0.25, 0.3) is 17.7 Å². The SMILES string of the molecule is CCCN(CCC)C(=O)C1=Cc2ccc(C(=O)Nc3cnc4c(c3)CN(C(=O)CCCCCNC(=O)C3CCC(CN5C(=O)C=CC5=O)CC3)CC4)cc2N=C(N)C1. The summed E-state index contributed by atoms with van der Waals surface area (Å²) in [6, 6.07) is 7.04. The van der Waals surface area contributed by atoms with Crippen LogP contribution in [0.3, 0.4) is 0 Å². The van der Waals surface area contributed by atoms with Crippen LogP contribution in [0.4, 0.5) is 11.4 Å². The summed E-state index contributed by atoms with van der Waals surface area (Å²) in [6.07, 6.45) is 14.5. The summed E-state index contributed by atoms with van der Waals surface area (Å²) in [5.74, 6) is -0.277. The summed E-state index contributed by atoms with van der Waals surface area (Å²) in [5.41, 5.74) is 10.8. The number of aromatic nitrogens is 1. The summed E-state index contributed by atoms with van der Waals surface area (Å²) in [4.78, 5) is 90.5. The number of carbonyl (C=O) groups is 6. The van der Waals surface area contributed by atoms with Crippen molar-refractivity contribution in [2.45, 2.75) is 97.4 Å². The predicted octanol–water partition coefficient (Wildman–Crippen LogP) is 5.05. The van der Waals surface area contributed by atoms with Crippen molar-refractivity contribution >= 4 is 58.7 Å². The fourth-order valence-corrected chi connectivity index (χ4v) is 8.21. The molecule has 0 radical (unpaired) electrons. The van der Waals surface area contributed by atoms with Gasteiger partial charge in [0.2, 0.25) is 17.7 Å². The van der Waals surface area contributed by atoms with Crippen LogP contribution in [-0.2, 0) is 36.9 Å². The van der Waals surface area contributed by atoms with E-state index in [9.17, 15) is 28.8 Å². The molecule has 4 aliphatic rings. The maximum absolute atomic E-state index is 13.4. The van der Waals surface area contributed by atoms with E-state index >= 15 is 0 Å². The first kappa shape index (κ1) is 42.0.